The molecule has 6 heteroatoms. The number of nitrogens with one attached hydrogen (secondary N) is 1. The van der Waals surface area contributed by atoms with E-state index in [1.165, 1.54) is 12.1 Å². The van der Waals surface area contributed by atoms with Gasteiger partial charge in [-0.25, -0.2) is 9.37 Å². The van der Waals surface area contributed by atoms with Gasteiger partial charge in [-0.2, -0.15) is 5.10 Å². The summed E-state index contributed by atoms with van der Waals surface area (Å²) >= 11 is 0. The lowest BCUT2D eigenvalue weighted by Crippen LogP contribution is -1.91. The predicted octanol–water partition coefficient (Wildman–Crippen LogP) is 3.30. The first-order valence-electron chi connectivity index (χ1n) is 6.62. The van der Waals surface area contributed by atoms with Crippen molar-refractivity contribution in [2.24, 2.45) is 0 Å². The van der Waals surface area contributed by atoms with Crippen molar-refractivity contribution in [3.8, 4) is 34.3 Å². The molecule has 0 bridgehead atoms. The molecular formula is C16H14FN3O2. The highest BCUT2D eigenvalue weighted by Gasteiger charge is 2.11. The maximum absolute atomic E-state index is 13.0. The quantitative estimate of drug-likeness (QED) is 0.803. The van der Waals surface area contributed by atoms with Crippen LogP contribution in [0.2, 0.25) is 0 Å². The Morgan fingerprint density at radius 2 is 1.59 bits per heavy atom. The lowest BCUT2D eigenvalue weighted by atomic mass is 10.2. The zero-order valence-electron chi connectivity index (χ0n) is 12.1. The van der Waals surface area contributed by atoms with Crippen LogP contribution in [-0.4, -0.2) is 29.4 Å². The van der Waals surface area contributed by atoms with Gasteiger partial charge in [0.2, 0.25) is 0 Å². The maximum Gasteiger partial charge on any atom is 0.181 e. The van der Waals surface area contributed by atoms with E-state index in [1.54, 1.807) is 38.5 Å². The Labute approximate surface area is 126 Å². The molecule has 1 heterocycles. The Hall–Kier alpha value is -2.89. The molecule has 0 aliphatic carbocycles. The Bertz CT molecular complexity index is 784. The van der Waals surface area contributed by atoms with Gasteiger partial charge in [-0.15, -0.1) is 0 Å². The van der Waals surface area contributed by atoms with Crippen LogP contribution in [0, 0.1) is 5.82 Å². The van der Waals surface area contributed by atoms with E-state index < -0.39 is 0 Å². The zero-order valence-corrected chi connectivity index (χ0v) is 12.1. The molecule has 1 N–H and O–H groups in total. The summed E-state index contributed by atoms with van der Waals surface area (Å²) in [4.78, 5) is 4.43. The van der Waals surface area contributed by atoms with E-state index in [9.17, 15) is 4.39 Å². The summed E-state index contributed by atoms with van der Waals surface area (Å²) in [5.74, 6) is 2.06. The van der Waals surface area contributed by atoms with Gasteiger partial charge >= 0.3 is 0 Å². The van der Waals surface area contributed by atoms with Crippen molar-refractivity contribution in [3.05, 3.63) is 48.3 Å². The second kappa shape index (κ2) is 5.85. The highest BCUT2D eigenvalue weighted by molar-refractivity contribution is 5.64. The van der Waals surface area contributed by atoms with Gasteiger partial charge in [0.15, 0.2) is 23.1 Å². The summed E-state index contributed by atoms with van der Waals surface area (Å²) < 4.78 is 23.4. The summed E-state index contributed by atoms with van der Waals surface area (Å²) in [6.45, 7) is 0. The van der Waals surface area contributed by atoms with Crippen LogP contribution in [0.4, 0.5) is 4.39 Å². The molecule has 0 unspecified atom stereocenters. The number of aromatic amines is 1. The van der Waals surface area contributed by atoms with Crippen LogP contribution in [-0.2, 0) is 0 Å². The van der Waals surface area contributed by atoms with Gasteiger partial charge in [-0.3, -0.25) is 5.10 Å². The minimum Gasteiger partial charge on any atom is -0.493 e. The van der Waals surface area contributed by atoms with Crippen molar-refractivity contribution < 1.29 is 13.9 Å². The lowest BCUT2D eigenvalue weighted by molar-refractivity contribution is 0.355. The van der Waals surface area contributed by atoms with E-state index in [-0.39, 0.29) is 5.82 Å². The van der Waals surface area contributed by atoms with Crippen molar-refractivity contribution >= 4 is 0 Å². The molecule has 112 valence electrons. The van der Waals surface area contributed by atoms with E-state index in [2.05, 4.69) is 15.2 Å². The number of nitrogens with zero attached hydrogens (tertiary/aromatic N) is 2. The van der Waals surface area contributed by atoms with Gasteiger partial charge in [0.25, 0.3) is 0 Å². The number of halogens is 1. The van der Waals surface area contributed by atoms with Gasteiger partial charge < -0.3 is 9.47 Å². The van der Waals surface area contributed by atoms with Gasteiger partial charge in [0, 0.05) is 11.1 Å². The summed E-state index contributed by atoms with van der Waals surface area (Å²) in [5.41, 5.74) is 1.56. The average Bonchev–Trinajstić information content (AvgIpc) is 3.05. The van der Waals surface area contributed by atoms with E-state index in [4.69, 9.17) is 9.47 Å². The normalized spacial score (nSPS) is 10.5. The van der Waals surface area contributed by atoms with Crippen molar-refractivity contribution in [1.29, 1.82) is 0 Å². The zero-order chi connectivity index (χ0) is 15.5. The minimum absolute atomic E-state index is 0.289. The molecule has 0 saturated heterocycles. The van der Waals surface area contributed by atoms with Crippen LogP contribution in [0.5, 0.6) is 11.5 Å². The largest absolute Gasteiger partial charge is 0.493 e. The third-order valence-electron chi connectivity index (χ3n) is 3.24. The molecule has 0 fully saturated rings. The Balaban J connectivity index is 1.95. The first-order chi connectivity index (χ1) is 10.7. The SMILES string of the molecule is COc1ccc(-c2n[nH]c(-c3ccc(F)cc3)n2)cc1OC. The van der Waals surface area contributed by atoms with Crippen molar-refractivity contribution in [2.75, 3.05) is 14.2 Å². The third-order valence-corrected chi connectivity index (χ3v) is 3.24. The predicted molar refractivity (Wildman–Crippen MR) is 80.3 cm³/mol. The Kier molecular flexibility index (Phi) is 3.74. The van der Waals surface area contributed by atoms with Crippen LogP contribution in [0.15, 0.2) is 42.5 Å². The average molecular weight is 299 g/mol. The number of rotatable bonds is 4. The molecule has 2 aromatic carbocycles. The number of aromatic nitrogens is 3. The Morgan fingerprint density at radius 1 is 0.909 bits per heavy atom. The smallest absolute Gasteiger partial charge is 0.181 e. The molecule has 0 spiro atoms. The van der Waals surface area contributed by atoms with Gasteiger partial charge in [-0.1, -0.05) is 0 Å². The van der Waals surface area contributed by atoms with E-state index in [1.807, 2.05) is 6.07 Å². The highest BCUT2D eigenvalue weighted by atomic mass is 19.1. The molecule has 0 amide bonds. The number of hydrogen-bond donors (Lipinski definition) is 1. The molecule has 0 aliphatic rings. The summed E-state index contributed by atoms with van der Waals surface area (Å²) in [6.07, 6.45) is 0. The molecule has 0 saturated carbocycles. The number of ether oxygens (including phenoxy) is 2. The molecule has 5 nitrogen and oxygen atoms in total. The highest BCUT2D eigenvalue weighted by Crippen LogP contribution is 2.31. The fourth-order valence-corrected chi connectivity index (χ4v) is 2.10. The van der Waals surface area contributed by atoms with Gasteiger partial charge in [0.05, 0.1) is 14.2 Å². The van der Waals surface area contributed by atoms with Crippen molar-refractivity contribution in [2.45, 2.75) is 0 Å². The Morgan fingerprint density at radius 3 is 2.27 bits per heavy atom. The van der Waals surface area contributed by atoms with Crippen LogP contribution in [0.1, 0.15) is 0 Å². The second-order valence-corrected chi connectivity index (χ2v) is 4.58. The topological polar surface area (TPSA) is 60.0 Å². The number of methoxy groups -OCH3 is 2. The summed E-state index contributed by atoms with van der Waals surface area (Å²) in [5, 5.41) is 7.04. The molecule has 1 aromatic heterocycles. The van der Waals surface area contributed by atoms with Crippen LogP contribution < -0.4 is 9.47 Å². The second-order valence-electron chi connectivity index (χ2n) is 4.58. The van der Waals surface area contributed by atoms with Crippen molar-refractivity contribution in [3.63, 3.8) is 0 Å². The van der Waals surface area contributed by atoms with Crippen molar-refractivity contribution in [1.82, 2.24) is 15.2 Å². The molecule has 0 aliphatic heterocycles. The monoisotopic (exact) mass is 299 g/mol. The number of benzene rings is 2. The van der Waals surface area contributed by atoms with Gasteiger partial charge in [-0.05, 0) is 42.5 Å². The third kappa shape index (κ3) is 2.63. The fourth-order valence-electron chi connectivity index (χ4n) is 2.10. The minimum atomic E-state index is -0.289. The van der Waals surface area contributed by atoms with E-state index >= 15 is 0 Å². The molecule has 22 heavy (non-hydrogen) atoms. The maximum atomic E-state index is 13.0. The molecule has 3 rings (SSSR count). The number of H-pyrrole nitrogens is 1. The van der Waals surface area contributed by atoms with Crippen LogP contribution >= 0.6 is 0 Å². The molecule has 0 atom stereocenters. The molecule has 3 aromatic rings. The lowest BCUT2D eigenvalue weighted by Gasteiger charge is -2.07. The summed E-state index contributed by atoms with van der Waals surface area (Å²) in [6, 6.07) is 11.5. The summed E-state index contributed by atoms with van der Waals surface area (Å²) in [7, 11) is 3.15. The van der Waals surface area contributed by atoms with E-state index in [0.29, 0.717) is 23.1 Å². The molecule has 0 radical (unpaired) electrons. The van der Waals surface area contributed by atoms with E-state index in [0.717, 1.165) is 11.1 Å². The first-order valence-corrected chi connectivity index (χ1v) is 6.62. The fraction of sp³-hybridized carbons (Fsp3) is 0.125. The van der Waals surface area contributed by atoms with Gasteiger partial charge in [0.1, 0.15) is 5.82 Å². The number of hydrogen-bond acceptors (Lipinski definition) is 4. The first kappa shape index (κ1) is 14.1. The molecular weight excluding hydrogens is 285 g/mol. The van der Waals surface area contributed by atoms with Crippen LogP contribution in [0.3, 0.4) is 0 Å². The van der Waals surface area contributed by atoms with Crippen LogP contribution in [0.25, 0.3) is 22.8 Å². The standard InChI is InChI=1S/C16H14FN3O2/c1-21-13-8-5-11(9-14(13)22-2)16-18-15(19-20-16)10-3-6-12(17)7-4-10/h3-9H,1-2H3,(H,18,19,20).